The van der Waals surface area contributed by atoms with Gasteiger partial charge in [-0.2, -0.15) is 0 Å². The average Bonchev–Trinajstić information content (AvgIpc) is 2.73. The summed E-state index contributed by atoms with van der Waals surface area (Å²) in [6.45, 7) is 16.0. The summed E-state index contributed by atoms with van der Waals surface area (Å²) in [6.07, 6.45) is 3.47. The van der Waals surface area contributed by atoms with Crippen LogP contribution >= 0.6 is 0 Å². The maximum atomic E-state index is 13.2. The second-order valence-corrected chi connectivity index (χ2v) is 12.1. The predicted octanol–water partition coefficient (Wildman–Crippen LogP) is 4.49. The van der Waals surface area contributed by atoms with E-state index in [1.807, 2.05) is 0 Å². The molecule has 0 unspecified atom stereocenters. The fraction of sp³-hybridized carbons (Fsp3) is 0.750. The third kappa shape index (κ3) is 3.86. The maximum Gasteiger partial charge on any atom is 0.291 e. The zero-order valence-corrected chi connectivity index (χ0v) is 21.9. The second-order valence-electron chi connectivity index (χ2n) is 12.1. The molecule has 2 N–H and O–H groups in total. The molecule has 6 nitrogen and oxygen atoms in total. The SMILES string of the molecule is C=C1CC[C@@H]2[C@](C)(CC[C@H]3O[C@@H](C(C)(C)O)[C@@H](O)C[C@@]23C)[C@@H]1Cc1c(OC)oc(C)c(C)c1=O. The first-order valence-corrected chi connectivity index (χ1v) is 12.6. The monoisotopic (exact) mass is 474 g/mol. The Labute approximate surface area is 203 Å². The van der Waals surface area contributed by atoms with E-state index in [-0.39, 0.29) is 28.3 Å². The Balaban J connectivity index is 1.70. The third-order valence-corrected chi connectivity index (χ3v) is 9.55. The van der Waals surface area contributed by atoms with E-state index in [0.29, 0.717) is 41.6 Å². The highest BCUT2D eigenvalue weighted by Gasteiger charge is 2.62. The van der Waals surface area contributed by atoms with E-state index in [1.54, 1.807) is 34.8 Å². The standard InChI is InChI=1S/C28H42O6/c1-15-9-10-21-27(6,19(15)13-18-23(30)16(2)17(3)33-25(18)32-8)12-11-22-28(21,7)14-20(29)24(34-22)26(4,5)31/h19-22,24,29,31H,1,9-14H2,2-8H3/t19-,20+,21-,22-,24-,27-,28+/m1/s1. The van der Waals surface area contributed by atoms with Gasteiger partial charge < -0.3 is 24.1 Å². The molecule has 0 spiro atoms. The van der Waals surface area contributed by atoms with Gasteiger partial charge in [0.2, 0.25) is 0 Å². The number of aliphatic hydroxyl groups is 2. The highest BCUT2D eigenvalue weighted by Crippen LogP contribution is 2.64. The Bertz CT molecular complexity index is 1020. The Hall–Kier alpha value is -1.63. The van der Waals surface area contributed by atoms with Gasteiger partial charge in [0, 0.05) is 5.56 Å². The number of aryl methyl sites for hydroxylation is 1. The highest BCUT2D eigenvalue weighted by atomic mass is 16.6. The summed E-state index contributed by atoms with van der Waals surface area (Å²) >= 11 is 0. The fourth-order valence-electron chi connectivity index (χ4n) is 7.61. The van der Waals surface area contributed by atoms with Crippen LogP contribution in [0.2, 0.25) is 0 Å². The number of methoxy groups -OCH3 is 1. The van der Waals surface area contributed by atoms with E-state index in [4.69, 9.17) is 13.9 Å². The second kappa shape index (κ2) is 8.49. The lowest BCUT2D eigenvalue weighted by molar-refractivity contribution is -0.268. The number of hydrogen-bond acceptors (Lipinski definition) is 6. The van der Waals surface area contributed by atoms with E-state index in [0.717, 1.165) is 25.7 Å². The largest absolute Gasteiger partial charge is 0.468 e. The molecule has 3 aliphatic rings. The third-order valence-electron chi connectivity index (χ3n) is 9.55. The topological polar surface area (TPSA) is 89.1 Å². The van der Waals surface area contributed by atoms with Crippen LogP contribution in [0.5, 0.6) is 5.95 Å². The molecule has 1 aliphatic heterocycles. The maximum absolute atomic E-state index is 13.2. The molecule has 4 rings (SSSR count). The Morgan fingerprint density at radius 3 is 2.50 bits per heavy atom. The van der Waals surface area contributed by atoms with Crippen molar-refractivity contribution in [2.75, 3.05) is 7.11 Å². The average molecular weight is 475 g/mol. The molecule has 2 saturated carbocycles. The molecule has 3 fully saturated rings. The van der Waals surface area contributed by atoms with Gasteiger partial charge in [-0.15, -0.1) is 0 Å². The van der Waals surface area contributed by atoms with Gasteiger partial charge >= 0.3 is 0 Å². The van der Waals surface area contributed by atoms with E-state index in [1.165, 1.54) is 5.57 Å². The van der Waals surface area contributed by atoms with Gasteiger partial charge in [-0.3, -0.25) is 4.79 Å². The summed E-state index contributed by atoms with van der Waals surface area (Å²) in [7, 11) is 1.54. The Kier molecular flexibility index (Phi) is 6.36. The number of rotatable bonds is 4. The van der Waals surface area contributed by atoms with Crippen LogP contribution < -0.4 is 10.2 Å². The summed E-state index contributed by atoms with van der Waals surface area (Å²) in [5, 5.41) is 21.6. The molecule has 0 radical (unpaired) electrons. The first-order chi connectivity index (χ1) is 15.7. The summed E-state index contributed by atoms with van der Waals surface area (Å²) in [4.78, 5) is 13.2. The van der Waals surface area contributed by atoms with Crippen LogP contribution in [0.3, 0.4) is 0 Å². The molecule has 1 aromatic heterocycles. The van der Waals surface area contributed by atoms with E-state index in [9.17, 15) is 15.0 Å². The van der Waals surface area contributed by atoms with Gasteiger partial charge in [0.25, 0.3) is 5.95 Å². The molecule has 2 aliphatic carbocycles. The van der Waals surface area contributed by atoms with Crippen LogP contribution in [0.1, 0.15) is 76.7 Å². The minimum Gasteiger partial charge on any atom is -0.468 e. The van der Waals surface area contributed by atoms with Crippen molar-refractivity contribution in [1.82, 2.24) is 0 Å². The van der Waals surface area contributed by atoms with Crippen molar-refractivity contribution in [2.24, 2.45) is 22.7 Å². The molecular formula is C28H42O6. The number of aliphatic hydroxyl groups excluding tert-OH is 1. The normalized spacial score (nSPS) is 38.3. The molecule has 7 atom stereocenters. The Morgan fingerprint density at radius 2 is 1.88 bits per heavy atom. The molecule has 1 aromatic rings. The van der Waals surface area contributed by atoms with E-state index < -0.39 is 17.8 Å². The summed E-state index contributed by atoms with van der Waals surface area (Å²) in [5.41, 5.74) is 0.963. The quantitative estimate of drug-likeness (QED) is 0.625. The van der Waals surface area contributed by atoms with Crippen molar-refractivity contribution in [2.45, 2.75) is 104 Å². The van der Waals surface area contributed by atoms with Crippen LogP contribution in [0.15, 0.2) is 21.4 Å². The highest BCUT2D eigenvalue weighted by molar-refractivity contribution is 5.33. The van der Waals surface area contributed by atoms with Crippen LogP contribution in [-0.4, -0.2) is 41.2 Å². The van der Waals surface area contributed by atoms with Gasteiger partial charge in [-0.05, 0) is 88.9 Å². The number of fused-ring (bicyclic) bond motifs is 3. The fourth-order valence-corrected chi connectivity index (χ4v) is 7.61. The summed E-state index contributed by atoms with van der Waals surface area (Å²) in [5.74, 6) is 1.29. The molecule has 0 aromatic carbocycles. The molecular weight excluding hydrogens is 432 g/mol. The minimum absolute atomic E-state index is 0.0107. The van der Waals surface area contributed by atoms with Crippen molar-refractivity contribution >= 4 is 0 Å². The van der Waals surface area contributed by atoms with Crippen LogP contribution in [-0.2, 0) is 11.2 Å². The molecule has 0 amide bonds. The van der Waals surface area contributed by atoms with Crippen molar-refractivity contribution < 1.29 is 24.1 Å². The lowest BCUT2D eigenvalue weighted by Gasteiger charge is -2.64. The van der Waals surface area contributed by atoms with Gasteiger partial charge in [0.05, 0.1) is 30.5 Å². The smallest absolute Gasteiger partial charge is 0.291 e. The van der Waals surface area contributed by atoms with Crippen LogP contribution in [0.25, 0.3) is 0 Å². The zero-order valence-electron chi connectivity index (χ0n) is 21.9. The van der Waals surface area contributed by atoms with Crippen LogP contribution in [0, 0.1) is 36.5 Å². The predicted molar refractivity (Wildman–Crippen MR) is 131 cm³/mol. The van der Waals surface area contributed by atoms with Gasteiger partial charge in [-0.25, -0.2) is 0 Å². The first-order valence-electron chi connectivity index (χ1n) is 12.6. The summed E-state index contributed by atoms with van der Waals surface area (Å²) in [6, 6.07) is 0. The van der Waals surface area contributed by atoms with E-state index in [2.05, 4.69) is 20.4 Å². The molecule has 6 heteroatoms. The van der Waals surface area contributed by atoms with Gasteiger partial charge in [0.1, 0.15) is 11.9 Å². The molecule has 0 bridgehead atoms. The van der Waals surface area contributed by atoms with Crippen LogP contribution in [0.4, 0.5) is 0 Å². The van der Waals surface area contributed by atoms with E-state index >= 15 is 0 Å². The zero-order chi connectivity index (χ0) is 25.2. The van der Waals surface area contributed by atoms with Crippen molar-refractivity contribution in [3.63, 3.8) is 0 Å². The lowest BCUT2D eigenvalue weighted by Crippen LogP contribution is -2.64. The molecule has 1 saturated heterocycles. The van der Waals surface area contributed by atoms with Crippen molar-refractivity contribution in [3.8, 4) is 5.95 Å². The minimum atomic E-state index is -1.10. The lowest BCUT2D eigenvalue weighted by atomic mass is 9.44. The molecule has 34 heavy (non-hydrogen) atoms. The first kappa shape index (κ1) is 25.5. The van der Waals surface area contributed by atoms with Gasteiger partial charge in [0.15, 0.2) is 5.43 Å². The van der Waals surface area contributed by atoms with Gasteiger partial charge in [-0.1, -0.05) is 26.0 Å². The molecule has 190 valence electrons. The number of ether oxygens (including phenoxy) is 2. The number of hydrogen-bond donors (Lipinski definition) is 2. The molecule has 2 heterocycles. The summed E-state index contributed by atoms with van der Waals surface area (Å²) < 4.78 is 17.8. The number of allylic oxidation sites excluding steroid dienone is 1. The van der Waals surface area contributed by atoms with Crippen molar-refractivity contribution in [3.05, 3.63) is 39.3 Å². The van der Waals surface area contributed by atoms with Crippen molar-refractivity contribution in [1.29, 1.82) is 0 Å². The Morgan fingerprint density at radius 1 is 1.21 bits per heavy atom.